The first-order valence-corrected chi connectivity index (χ1v) is 13.9. The number of amides is 1. The fourth-order valence-corrected chi connectivity index (χ4v) is 6.82. The van der Waals surface area contributed by atoms with Crippen LogP contribution < -0.4 is 5.32 Å². The number of nitrogens with zero attached hydrogens (tertiary/aromatic N) is 3. The average Bonchev–Trinajstić information content (AvgIpc) is 3.55. The van der Waals surface area contributed by atoms with Crippen molar-refractivity contribution in [2.45, 2.75) is 16.5 Å². The zero-order chi connectivity index (χ0) is 24.5. The zero-order valence-corrected chi connectivity index (χ0v) is 21.7. The van der Waals surface area contributed by atoms with E-state index in [0.29, 0.717) is 5.13 Å². The smallest absolute Gasteiger partial charge is 0.239 e. The topological polar surface area (TPSA) is 67.2 Å². The fraction of sp³-hybridized carbons (Fsp3) is 0.0714. The Kier molecular flexibility index (Phi) is 6.23. The van der Waals surface area contributed by atoms with E-state index in [4.69, 9.17) is 9.98 Å². The SMILES string of the molecule is CC(Sc1nc2ccc(N=Cc3c4ccccc4cc4ccccc34)cc2s1)C(=O)Nc1nccs1. The number of hydrogen-bond donors (Lipinski definition) is 1. The molecule has 8 heteroatoms. The van der Waals surface area contributed by atoms with Gasteiger partial charge in [-0.2, -0.15) is 0 Å². The number of thiazole rings is 2. The molecule has 176 valence electrons. The molecule has 6 aromatic rings. The number of fused-ring (bicyclic) bond motifs is 3. The third-order valence-electron chi connectivity index (χ3n) is 5.82. The van der Waals surface area contributed by atoms with Gasteiger partial charge < -0.3 is 5.32 Å². The first-order valence-electron chi connectivity index (χ1n) is 11.4. The second kappa shape index (κ2) is 9.81. The molecule has 1 amide bonds. The fourth-order valence-electron chi connectivity index (χ4n) is 4.05. The van der Waals surface area contributed by atoms with Gasteiger partial charge in [0.25, 0.3) is 0 Å². The van der Waals surface area contributed by atoms with Crippen LogP contribution in [0.1, 0.15) is 12.5 Å². The van der Waals surface area contributed by atoms with Crippen LogP contribution in [-0.2, 0) is 4.79 Å². The Morgan fingerprint density at radius 2 is 1.78 bits per heavy atom. The van der Waals surface area contributed by atoms with Crippen molar-refractivity contribution in [1.29, 1.82) is 0 Å². The van der Waals surface area contributed by atoms with Gasteiger partial charge in [-0.15, -0.1) is 22.7 Å². The minimum absolute atomic E-state index is 0.0817. The highest BCUT2D eigenvalue weighted by Gasteiger charge is 2.18. The normalized spacial score (nSPS) is 12.6. The van der Waals surface area contributed by atoms with E-state index in [1.165, 1.54) is 44.6 Å². The van der Waals surface area contributed by atoms with E-state index in [2.05, 4.69) is 71.0 Å². The molecule has 0 fully saturated rings. The van der Waals surface area contributed by atoms with Gasteiger partial charge in [0.1, 0.15) is 0 Å². The summed E-state index contributed by atoms with van der Waals surface area (Å²) >= 11 is 4.43. The molecule has 1 unspecified atom stereocenters. The summed E-state index contributed by atoms with van der Waals surface area (Å²) in [4.78, 5) is 26.2. The summed E-state index contributed by atoms with van der Waals surface area (Å²) in [6.07, 6.45) is 3.64. The highest BCUT2D eigenvalue weighted by molar-refractivity contribution is 8.02. The Labute approximate surface area is 220 Å². The van der Waals surface area contributed by atoms with Gasteiger partial charge in [-0.25, -0.2) is 9.97 Å². The van der Waals surface area contributed by atoms with E-state index in [0.717, 1.165) is 25.8 Å². The summed E-state index contributed by atoms with van der Waals surface area (Å²) in [5.74, 6) is -0.0817. The largest absolute Gasteiger partial charge is 0.301 e. The molecule has 2 heterocycles. The second-order valence-corrected chi connectivity index (χ2v) is 11.7. The molecular weight excluding hydrogens is 505 g/mol. The van der Waals surface area contributed by atoms with E-state index < -0.39 is 0 Å². The maximum Gasteiger partial charge on any atom is 0.239 e. The van der Waals surface area contributed by atoms with E-state index in [-0.39, 0.29) is 11.2 Å². The van der Waals surface area contributed by atoms with E-state index in [1.54, 1.807) is 17.5 Å². The lowest BCUT2D eigenvalue weighted by Crippen LogP contribution is -2.22. The number of hydrogen-bond acceptors (Lipinski definition) is 7. The van der Waals surface area contributed by atoms with E-state index in [1.807, 2.05) is 30.7 Å². The first-order chi connectivity index (χ1) is 17.6. The van der Waals surface area contributed by atoms with Gasteiger partial charge in [-0.1, -0.05) is 60.3 Å². The minimum Gasteiger partial charge on any atom is -0.301 e. The number of benzene rings is 4. The minimum atomic E-state index is -0.286. The molecule has 5 nitrogen and oxygen atoms in total. The van der Waals surface area contributed by atoms with Crippen molar-refractivity contribution >= 4 is 89.1 Å². The molecule has 36 heavy (non-hydrogen) atoms. The third kappa shape index (κ3) is 4.63. The molecule has 0 saturated carbocycles. The maximum absolute atomic E-state index is 12.5. The summed E-state index contributed by atoms with van der Waals surface area (Å²) in [7, 11) is 0. The van der Waals surface area contributed by atoms with Crippen LogP contribution in [0.4, 0.5) is 10.8 Å². The number of rotatable bonds is 6. The summed E-state index contributed by atoms with van der Waals surface area (Å²) in [5.41, 5.74) is 2.89. The van der Waals surface area contributed by atoms with Crippen LogP contribution in [0.5, 0.6) is 0 Å². The molecule has 0 aliphatic carbocycles. The number of anilines is 1. The van der Waals surface area contributed by atoms with Gasteiger partial charge in [-0.3, -0.25) is 9.79 Å². The molecule has 4 aromatic carbocycles. The lowest BCUT2D eigenvalue weighted by atomic mass is 9.97. The molecule has 1 atom stereocenters. The van der Waals surface area contributed by atoms with Crippen molar-refractivity contribution in [3.63, 3.8) is 0 Å². The molecule has 0 bridgehead atoms. The lowest BCUT2D eigenvalue weighted by molar-refractivity contribution is -0.115. The van der Waals surface area contributed by atoms with Crippen molar-refractivity contribution in [3.8, 4) is 0 Å². The van der Waals surface area contributed by atoms with Crippen molar-refractivity contribution in [1.82, 2.24) is 9.97 Å². The predicted octanol–water partition coefficient (Wildman–Crippen LogP) is 7.93. The Morgan fingerprint density at radius 1 is 1.03 bits per heavy atom. The third-order valence-corrected chi connectivity index (χ3v) is 8.72. The van der Waals surface area contributed by atoms with E-state index >= 15 is 0 Å². The highest BCUT2D eigenvalue weighted by atomic mass is 32.2. The summed E-state index contributed by atoms with van der Waals surface area (Å²) in [6, 6.07) is 25.1. The van der Waals surface area contributed by atoms with Gasteiger partial charge >= 0.3 is 0 Å². The van der Waals surface area contributed by atoms with Gasteiger partial charge in [0, 0.05) is 23.4 Å². The molecule has 0 aliphatic rings. The molecule has 0 radical (unpaired) electrons. The van der Waals surface area contributed by atoms with Crippen LogP contribution in [0.25, 0.3) is 31.8 Å². The second-order valence-electron chi connectivity index (χ2n) is 8.21. The molecule has 0 spiro atoms. The Morgan fingerprint density at radius 3 is 2.50 bits per heavy atom. The van der Waals surface area contributed by atoms with E-state index in [9.17, 15) is 4.79 Å². The summed E-state index contributed by atoms with van der Waals surface area (Å²) in [5, 5.41) is 9.77. The Bertz CT molecular complexity index is 1690. The lowest BCUT2D eigenvalue weighted by Gasteiger charge is -2.07. The van der Waals surface area contributed by atoms with Crippen molar-refractivity contribution in [2.24, 2.45) is 4.99 Å². The average molecular weight is 525 g/mol. The number of nitrogens with one attached hydrogen (secondary N) is 1. The van der Waals surface area contributed by atoms with Crippen molar-refractivity contribution < 1.29 is 4.79 Å². The van der Waals surface area contributed by atoms with Crippen LogP contribution >= 0.6 is 34.4 Å². The van der Waals surface area contributed by atoms with Crippen LogP contribution in [0.15, 0.2) is 93.7 Å². The van der Waals surface area contributed by atoms with Gasteiger partial charge in [0.05, 0.1) is 21.2 Å². The molecule has 1 N–H and O–H groups in total. The number of thioether (sulfide) groups is 1. The quantitative estimate of drug-likeness (QED) is 0.136. The maximum atomic E-state index is 12.5. The molecule has 2 aromatic heterocycles. The number of carbonyl (C=O) groups excluding carboxylic acids is 1. The zero-order valence-electron chi connectivity index (χ0n) is 19.2. The van der Waals surface area contributed by atoms with Crippen molar-refractivity contribution in [3.05, 3.63) is 89.9 Å². The van der Waals surface area contributed by atoms with Crippen LogP contribution in [-0.4, -0.2) is 27.3 Å². The predicted molar refractivity (Wildman–Crippen MR) is 154 cm³/mol. The molecule has 0 saturated heterocycles. The standard InChI is InChI=1S/C28H20N4OS3/c1-17(26(33)32-27-29-12-13-34-27)35-28-31-24-11-10-20(15-25(24)36-28)30-16-23-21-8-4-2-6-18(21)14-19-7-3-5-9-22(19)23/h2-17H,1H3,(H,29,32,33). The van der Waals surface area contributed by atoms with Crippen LogP contribution in [0, 0.1) is 0 Å². The molecule has 6 rings (SSSR count). The Balaban J connectivity index is 1.27. The van der Waals surface area contributed by atoms with Gasteiger partial charge in [0.15, 0.2) is 9.47 Å². The number of aliphatic imine (C=N–C) groups is 1. The number of aromatic nitrogens is 2. The molecular formula is C28H20N4OS3. The van der Waals surface area contributed by atoms with Crippen molar-refractivity contribution in [2.75, 3.05) is 5.32 Å². The van der Waals surface area contributed by atoms with Gasteiger partial charge in [-0.05, 0) is 52.7 Å². The summed E-state index contributed by atoms with van der Waals surface area (Å²) in [6.45, 7) is 1.88. The summed E-state index contributed by atoms with van der Waals surface area (Å²) < 4.78 is 1.90. The van der Waals surface area contributed by atoms with Gasteiger partial charge in [0.2, 0.25) is 5.91 Å². The Hall–Kier alpha value is -3.59. The monoisotopic (exact) mass is 524 g/mol. The molecule has 0 aliphatic heterocycles. The first kappa shape index (κ1) is 22.8. The van der Waals surface area contributed by atoms with Crippen LogP contribution in [0.2, 0.25) is 0 Å². The highest BCUT2D eigenvalue weighted by Crippen LogP contribution is 2.35. The number of carbonyl (C=O) groups is 1. The van der Waals surface area contributed by atoms with Crippen LogP contribution in [0.3, 0.4) is 0 Å².